The Morgan fingerprint density at radius 3 is 2.83 bits per heavy atom. The lowest BCUT2D eigenvalue weighted by Crippen LogP contribution is -2.14. The van der Waals surface area contributed by atoms with Crippen molar-refractivity contribution in [3.8, 4) is 5.75 Å². The van der Waals surface area contributed by atoms with Crippen LogP contribution in [-0.2, 0) is 6.61 Å². The molecule has 0 amide bonds. The van der Waals surface area contributed by atoms with Gasteiger partial charge in [-0.1, -0.05) is 28.9 Å². The molecule has 3 N–H and O–H groups in total. The highest BCUT2D eigenvalue weighted by molar-refractivity contribution is 7.10. The van der Waals surface area contributed by atoms with Crippen LogP contribution in [0.2, 0.25) is 5.02 Å². The predicted molar refractivity (Wildman–Crippen MR) is 72.6 cm³/mol. The van der Waals surface area contributed by atoms with Gasteiger partial charge in [0.05, 0.1) is 15.5 Å². The van der Waals surface area contributed by atoms with Gasteiger partial charge in [-0.25, -0.2) is 0 Å². The fraction of sp³-hybridized carbons (Fsp3) is 0.0833. The minimum absolute atomic E-state index is 0.0166. The molecule has 2 aromatic rings. The summed E-state index contributed by atoms with van der Waals surface area (Å²) in [4.78, 5) is 0.936. The Bertz CT molecular complexity index is 569. The van der Waals surface area contributed by atoms with E-state index in [2.05, 4.69) is 5.16 Å². The second kappa shape index (κ2) is 5.75. The third kappa shape index (κ3) is 2.75. The average Bonchev–Trinajstić information content (AvgIpc) is 2.81. The lowest BCUT2D eigenvalue weighted by atomic mass is 10.2. The molecule has 6 heteroatoms. The Hall–Kier alpha value is -1.72. The third-order valence-corrected chi connectivity index (χ3v) is 3.68. The molecule has 0 fully saturated rings. The van der Waals surface area contributed by atoms with Gasteiger partial charge in [-0.15, -0.1) is 11.3 Å². The van der Waals surface area contributed by atoms with E-state index in [0.29, 0.717) is 22.9 Å². The van der Waals surface area contributed by atoms with Crippen LogP contribution in [-0.4, -0.2) is 11.0 Å². The van der Waals surface area contributed by atoms with Gasteiger partial charge in [-0.2, -0.15) is 0 Å². The first kappa shape index (κ1) is 12.7. The third-order valence-electron chi connectivity index (χ3n) is 2.32. The number of nitrogens with zero attached hydrogens (tertiary/aromatic N) is 1. The molecule has 4 nitrogen and oxygen atoms in total. The quantitative estimate of drug-likeness (QED) is 0.392. The van der Waals surface area contributed by atoms with Crippen molar-refractivity contribution >= 4 is 28.8 Å². The first-order valence-corrected chi connectivity index (χ1v) is 6.39. The number of ether oxygens (including phenoxy) is 1. The minimum Gasteiger partial charge on any atom is -0.487 e. The number of hydrogen-bond acceptors (Lipinski definition) is 4. The second-order valence-electron chi connectivity index (χ2n) is 3.46. The van der Waals surface area contributed by atoms with Crippen LogP contribution in [0.3, 0.4) is 0 Å². The summed E-state index contributed by atoms with van der Waals surface area (Å²) in [5.74, 6) is 0.570. The second-order valence-corrected chi connectivity index (χ2v) is 4.87. The fourth-order valence-electron chi connectivity index (χ4n) is 1.43. The molecular weight excluding hydrogens is 272 g/mol. The smallest absolute Gasteiger partial charge is 0.173 e. The molecule has 0 aliphatic carbocycles. The zero-order chi connectivity index (χ0) is 13.0. The van der Waals surface area contributed by atoms with E-state index in [0.717, 1.165) is 4.88 Å². The maximum atomic E-state index is 8.70. The van der Waals surface area contributed by atoms with E-state index >= 15 is 0 Å². The van der Waals surface area contributed by atoms with Crippen LogP contribution < -0.4 is 10.5 Å². The molecule has 0 atom stereocenters. The van der Waals surface area contributed by atoms with E-state index in [4.69, 9.17) is 27.3 Å². The van der Waals surface area contributed by atoms with Crippen LogP contribution in [0.5, 0.6) is 5.75 Å². The van der Waals surface area contributed by atoms with Crippen molar-refractivity contribution in [2.24, 2.45) is 10.9 Å². The molecule has 0 unspecified atom stereocenters. The summed E-state index contributed by atoms with van der Waals surface area (Å²) in [7, 11) is 0. The van der Waals surface area contributed by atoms with Crippen molar-refractivity contribution in [3.63, 3.8) is 0 Å². The molecule has 1 aromatic carbocycles. The number of amidine groups is 1. The summed E-state index contributed by atoms with van der Waals surface area (Å²) in [6, 6.07) is 8.91. The maximum absolute atomic E-state index is 8.70. The first-order chi connectivity index (χ1) is 8.72. The monoisotopic (exact) mass is 282 g/mol. The fourth-order valence-corrected chi connectivity index (χ4v) is 2.43. The number of para-hydroxylation sites is 1. The molecule has 0 aliphatic rings. The Labute approximate surface area is 113 Å². The molecule has 1 aromatic heterocycles. The summed E-state index contributed by atoms with van der Waals surface area (Å²) in [5.41, 5.74) is 6.12. The first-order valence-electron chi connectivity index (χ1n) is 5.14. The summed E-state index contributed by atoms with van der Waals surface area (Å²) in [6.45, 7) is 0.353. The SMILES string of the molecule is N/C(=N/O)c1ccccc1OCc1sccc1Cl. The number of halogens is 1. The topological polar surface area (TPSA) is 67.8 Å². The molecular formula is C12H11ClN2O2S. The zero-order valence-electron chi connectivity index (χ0n) is 9.34. The van der Waals surface area contributed by atoms with Gasteiger partial charge in [0, 0.05) is 0 Å². The van der Waals surface area contributed by atoms with Gasteiger partial charge in [0.2, 0.25) is 0 Å². The molecule has 0 radical (unpaired) electrons. The lowest BCUT2D eigenvalue weighted by molar-refractivity contribution is 0.306. The van der Waals surface area contributed by atoms with Crippen LogP contribution in [0, 0.1) is 0 Å². The highest BCUT2D eigenvalue weighted by Gasteiger charge is 2.09. The standard InChI is InChI=1S/C12H11ClN2O2S/c13-9-5-6-18-11(9)7-17-10-4-2-1-3-8(10)12(14)15-16/h1-6,16H,7H2,(H2,14,15). The van der Waals surface area contributed by atoms with Gasteiger partial charge in [0.15, 0.2) is 5.84 Å². The molecule has 1 heterocycles. The highest BCUT2D eigenvalue weighted by atomic mass is 35.5. The Morgan fingerprint density at radius 1 is 1.39 bits per heavy atom. The molecule has 0 spiro atoms. The van der Waals surface area contributed by atoms with Crippen molar-refractivity contribution in [3.05, 3.63) is 51.2 Å². The number of benzene rings is 1. The van der Waals surface area contributed by atoms with E-state index in [9.17, 15) is 0 Å². The number of thiophene rings is 1. The summed E-state index contributed by atoms with van der Waals surface area (Å²) < 4.78 is 5.64. The highest BCUT2D eigenvalue weighted by Crippen LogP contribution is 2.25. The Morgan fingerprint density at radius 2 is 2.17 bits per heavy atom. The summed E-state index contributed by atoms with van der Waals surface area (Å²) in [6.07, 6.45) is 0. The molecule has 0 bridgehead atoms. The van der Waals surface area contributed by atoms with Crippen molar-refractivity contribution in [2.75, 3.05) is 0 Å². The van der Waals surface area contributed by atoms with E-state index in [1.54, 1.807) is 18.2 Å². The average molecular weight is 283 g/mol. The maximum Gasteiger partial charge on any atom is 0.173 e. The summed E-state index contributed by atoms with van der Waals surface area (Å²) >= 11 is 7.50. The van der Waals surface area contributed by atoms with Gasteiger partial charge < -0.3 is 15.7 Å². The van der Waals surface area contributed by atoms with E-state index in [-0.39, 0.29) is 5.84 Å². The Kier molecular flexibility index (Phi) is 4.07. The molecule has 18 heavy (non-hydrogen) atoms. The van der Waals surface area contributed by atoms with Gasteiger partial charge in [0.1, 0.15) is 12.4 Å². The number of nitrogens with two attached hydrogens (primary N) is 1. The van der Waals surface area contributed by atoms with E-state index < -0.39 is 0 Å². The minimum atomic E-state index is 0.0166. The van der Waals surface area contributed by atoms with E-state index in [1.807, 2.05) is 17.5 Å². The number of hydrogen-bond donors (Lipinski definition) is 2. The van der Waals surface area contributed by atoms with Crippen LogP contribution in [0.15, 0.2) is 40.9 Å². The van der Waals surface area contributed by atoms with Gasteiger partial charge in [-0.3, -0.25) is 0 Å². The number of oxime groups is 1. The van der Waals surface area contributed by atoms with Gasteiger partial charge >= 0.3 is 0 Å². The normalized spacial score (nSPS) is 11.5. The predicted octanol–water partition coefficient (Wildman–Crippen LogP) is 3.08. The molecule has 94 valence electrons. The largest absolute Gasteiger partial charge is 0.487 e. The van der Waals surface area contributed by atoms with Crippen LogP contribution in [0.25, 0.3) is 0 Å². The van der Waals surface area contributed by atoms with Gasteiger partial charge in [0.25, 0.3) is 0 Å². The molecule has 0 saturated heterocycles. The summed E-state index contributed by atoms with van der Waals surface area (Å²) in [5, 5.41) is 14.3. The van der Waals surface area contributed by atoms with E-state index in [1.165, 1.54) is 11.3 Å². The molecule has 0 saturated carbocycles. The van der Waals surface area contributed by atoms with Crippen LogP contribution in [0.4, 0.5) is 0 Å². The zero-order valence-corrected chi connectivity index (χ0v) is 10.9. The number of rotatable bonds is 4. The van der Waals surface area contributed by atoms with Crippen LogP contribution in [0.1, 0.15) is 10.4 Å². The lowest BCUT2D eigenvalue weighted by Gasteiger charge is -2.09. The molecule has 0 aliphatic heterocycles. The van der Waals surface area contributed by atoms with Crippen LogP contribution >= 0.6 is 22.9 Å². The van der Waals surface area contributed by atoms with Crippen molar-refractivity contribution in [1.82, 2.24) is 0 Å². The van der Waals surface area contributed by atoms with Gasteiger partial charge in [-0.05, 0) is 23.6 Å². The Balaban J connectivity index is 2.17. The van der Waals surface area contributed by atoms with Crippen molar-refractivity contribution in [2.45, 2.75) is 6.61 Å². The van der Waals surface area contributed by atoms with Crippen molar-refractivity contribution in [1.29, 1.82) is 0 Å². The van der Waals surface area contributed by atoms with Crippen molar-refractivity contribution < 1.29 is 9.94 Å². The molecule has 2 rings (SSSR count).